The lowest BCUT2D eigenvalue weighted by Crippen LogP contribution is -1.85. The van der Waals surface area contributed by atoms with Crippen molar-refractivity contribution in [3.63, 3.8) is 0 Å². The molecule has 1 aromatic carbocycles. The number of hydrogen-bond acceptors (Lipinski definition) is 4. The molecule has 0 bridgehead atoms. The molecule has 3 rings (SSSR count). The molecule has 0 saturated heterocycles. The third-order valence-corrected chi connectivity index (χ3v) is 2.36. The Morgan fingerprint density at radius 1 is 1.25 bits per heavy atom. The van der Waals surface area contributed by atoms with Gasteiger partial charge in [0.15, 0.2) is 0 Å². The quantitative estimate of drug-likeness (QED) is 0.682. The monoisotopic (exact) mass is 218 g/mol. The number of benzene rings is 1. The van der Waals surface area contributed by atoms with Crippen molar-refractivity contribution in [3.05, 3.63) is 36.3 Å². The van der Waals surface area contributed by atoms with Gasteiger partial charge in [0.1, 0.15) is 17.1 Å². The zero-order valence-corrected chi connectivity index (χ0v) is 8.11. The van der Waals surface area contributed by atoms with Crippen LogP contribution >= 0.6 is 0 Å². The van der Waals surface area contributed by atoms with Crippen molar-refractivity contribution < 1.29 is 13.3 Å². The molecule has 16 heavy (non-hydrogen) atoms. The molecule has 0 spiro atoms. The first-order valence-corrected chi connectivity index (χ1v) is 4.64. The van der Waals surface area contributed by atoms with Gasteiger partial charge in [-0.2, -0.15) is 0 Å². The summed E-state index contributed by atoms with van der Waals surface area (Å²) < 4.78 is 23.7. The van der Waals surface area contributed by atoms with E-state index >= 15 is 0 Å². The van der Waals surface area contributed by atoms with Crippen LogP contribution in [0.2, 0.25) is 0 Å². The van der Waals surface area contributed by atoms with Crippen molar-refractivity contribution in [2.24, 2.45) is 0 Å². The molecule has 2 heterocycles. The maximum atomic E-state index is 13.7. The molecule has 0 atom stereocenters. The van der Waals surface area contributed by atoms with Gasteiger partial charge >= 0.3 is 0 Å². The van der Waals surface area contributed by atoms with Crippen LogP contribution in [0.25, 0.3) is 22.2 Å². The van der Waals surface area contributed by atoms with E-state index in [0.717, 1.165) is 5.39 Å². The standard InChI is InChI=1S/C11H7FN2O2/c12-7-2-1-6-3-4-15-11(6)10(7)8-5-9(13)16-14-8/h1-5H,13H2. The maximum absolute atomic E-state index is 13.7. The SMILES string of the molecule is Nc1cc(-c2c(F)ccc3ccoc23)no1. The number of nitrogens with zero attached hydrogens (tertiary/aromatic N) is 1. The van der Waals surface area contributed by atoms with Gasteiger partial charge in [0, 0.05) is 11.5 Å². The number of hydrogen-bond donors (Lipinski definition) is 1. The minimum absolute atomic E-state index is 0.137. The van der Waals surface area contributed by atoms with E-state index in [1.165, 1.54) is 18.4 Å². The Balaban J connectivity index is 2.36. The van der Waals surface area contributed by atoms with E-state index in [2.05, 4.69) is 5.16 Å². The summed E-state index contributed by atoms with van der Waals surface area (Å²) in [4.78, 5) is 0. The summed E-state index contributed by atoms with van der Waals surface area (Å²) in [6.45, 7) is 0. The van der Waals surface area contributed by atoms with E-state index in [1.54, 1.807) is 12.1 Å². The van der Waals surface area contributed by atoms with E-state index < -0.39 is 5.82 Å². The molecule has 3 aromatic rings. The molecule has 0 aliphatic rings. The average molecular weight is 218 g/mol. The van der Waals surface area contributed by atoms with Gasteiger partial charge < -0.3 is 14.7 Å². The molecule has 0 aliphatic carbocycles. The zero-order chi connectivity index (χ0) is 11.1. The third-order valence-electron chi connectivity index (χ3n) is 2.36. The van der Waals surface area contributed by atoms with Crippen LogP contribution in [0.5, 0.6) is 0 Å². The lowest BCUT2D eigenvalue weighted by atomic mass is 10.1. The van der Waals surface area contributed by atoms with Crippen LogP contribution in [-0.2, 0) is 0 Å². The largest absolute Gasteiger partial charge is 0.464 e. The number of fused-ring (bicyclic) bond motifs is 1. The normalized spacial score (nSPS) is 11.1. The molecule has 5 heteroatoms. The summed E-state index contributed by atoms with van der Waals surface area (Å²) in [7, 11) is 0. The fraction of sp³-hybridized carbons (Fsp3) is 0. The van der Waals surface area contributed by atoms with Crippen LogP contribution in [0.4, 0.5) is 10.3 Å². The second-order valence-electron chi connectivity index (χ2n) is 3.38. The minimum atomic E-state index is -0.421. The number of anilines is 1. The third kappa shape index (κ3) is 1.18. The molecule has 0 fully saturated rings. The molecule has 80 valence electrons. The van der Waals surface area contributed by atoms with Gasteiger partial charge in [0.2, 0.25) is 5.88 Å². The summed E-state index contributed by atoms with van der Waals surface area (Å²) in [6.07, 6.45) is 1.50. The molecule has 0 radical (unpaired) electrons. The fourth-order valence-electron chi connectivity index (χ4n) is 1.65. The summed E-state index contributed by atoms with van der Waals surface area (Å²) in [5, 5.41) is 4.48. The second-order valence-corrected chi connectivity index (χ2v) is 3.38. The summed E-state index contributed by atoms with van der Waals surface area (Å²) in [5.41, 5.74) is 6.44. The minimum Gasteiger partial charge on any atom is -0.464 e. The molecule has 4 nitrogen and oxygen atoms in total. The van der Waals surface area contributed by atoms with Crippen LogP contribution in [0, 0.1) is 5.82 Å². The molecule has 0 saturated carbocycles. The Bertz CT molecular complexity index is 657. The van der Waals surface area contributed by atoms with Crippen molar-refractivity contribution in [1.82, 2.24) is 5.16 Å². The Hall–Kier alpha value is -2.30. The Morgan fingerprint density at radius 3 is 2.88 bits per heavy atom. The van der Waals surface area contributed by atoms with Gasteiger partial charge in [-0.3, -0.25) is 0 Å². The lowest BCUT2D eigenvalue weighted by molar-refractivity contribution is 0.438. The predicted molar refractivity (Wildman–Crippen MR) is 56.1 cm³/mol. The van der Waals surface area contributed by atoms with E-state index in [4.69, 9.17) is 14.7 Å². The topological polar surface area (TPSA) is 65.2 Å². The molecule has 0 unspecified atom stereocenters. The predicted octanol–water partition coefficient (Wildman–Crippen LogP) is 2.81. The van der Waals surface area contributed by atoms with Gasteiger partial charge in [-0.1, -0.05) is 5.16 Å². The molecule has 2 N–H and O–H groups in total. The van der Waals surface area contributed by atoms with Crippen molar-refractivity contribution in [2.45, 2.75) is 0 Å². The van der Waals surface area contributed by atoms with Crippen LogP contribution < -0.4 is 5.73 Å². The maximum Gasteiger partial charge on any atom is 0.222 e. The highest BCUT2D eigenvalue weighted by molar-refractivity contribution is 5.91. The Kier molecular flexibility index (Phi) is 1.73. The number of nitrogen functional groups attached to an aromatic ring is 1. The average Bonchev–Trinajstić information content (AvgIpc) is 2.86. The highest BCUT2D eigenvalue weighted by atomic mass is 19.1. The van der Waals surface area contributed by atoms with Crippen molar-refractivity contribution in [2.75, 3.05) is 5.73 Å². The fourth-order valence-corrected chi connectivity index (χ4v) is 1.65. The number of rotatable bonds is 1. The first-order chi connectivity index (χ1) is 7.75. The molecular weight excluding hydrogens is 211 g/mol. The van der Waals surface area contributed by atoms with Gasteiger partial charge in [-0.15, -0.1) is 0 Å². The van der Waals surface area contributed by atoms with Gasteiger partial charge in [0.05, 0.1) is 11.8 Å². The highest BCUT2D eigenvalue weighted by Gasteiger charge is 2.16. The summed E-state index contributed by atoms with van der Waals surface area (Å²) >= 11 is 0. The van der Waals surface area contributed by atoms with Crippen molar-refractivity contribution in [3.8, 4) is 11.3 Å². The van der Waals surface area contributed by atoms with Gasteiger partial charge in [-0.05, 0) is 18.2 Å². The van der Waals surface area contributed by atoms with E-state index in [0.29, 0.717) is 11.3 Å². The van der Waals surface area contributed by atoms with Crippen LogP contribution in [0.1, 0.15) is 0 Å². The Morgan fingerprint density at radius 2 is 2.12 bits per heavy atom. The molecule has 2 aromatic heterocycles. The zero-order valence-electron chi connectivity index (χ0n) is 8.11. The molecule has 0 aliphatic heterocycles. The first-order valence-electron chi connectivity index (χ1n) is 4.64. The first kappa shape index (κ1) is 8.96. The Labute approximate surface area is 89.4 Å². The van der Waals surface area contributed by atoms with E-state index in [1.807, 2.05) is 0 Å². The number of nitrogens with two attached hydrogens (primary N) is 1. The smallest absolute Gasteiger partial charge is 0.222 e. The number of furan rings is 1. The van der Waals surface area contributed by atoms with Crippen molar-refractivity contribution in [1.29, 1.82) is 0 Å². The number of halogens is 1. The van der Waals surface area contributed by atoms with Crippen molar-refractivity contribution >= 4 is 16.9 Å². The highest BCUT2D eigenvalue weighted by Crippen LogP contribution is 2.31. The van der Waals surface area contributed by atoms with Crippen LogP contribution in [0.3, 0.4) is 0 Å². The van der Waals surface area contributed by atoms with E-state index in [9.17, 15) is 4.39 Å². The molecule has 0 amide bonds. The van der Waals surface area contributed by atoms with Gasteiger partial charge in [0.25, 0.3) is 0 Å². The summed E-state index contributed by atoms with van der Waals surface area (Å²) in [6, 6.07) is 6.21. The van der Waals surface area contributed by atoms with Crippen LogP contribution in [-0.4, -0.2) is 5.16 Å². The van der Waals surface area contributed by atoms with Gasteiger partial charge in [-0.25, -0.2) is 4.39 Å². The van der Waals surface area contributed by atoms with E-state index in [-0.39, 0.29) is 11.4 Å². The van der Waals surface area contributed by atoms with Crippen LogP contribution in [0.15, 0.2) is 39.5 Å². The molecular formula is C11H7FN2O2. The number of aromatic nitrogens is 1. The summed E-state index contributed by atoms with van der Waals surface area (Å²) in [5.74, 6) is -0.284. The lowest BCUT2D eigenvalue weighted by Gasteiger charge is -1.98. The second kappa shape index (κ2) is 3.10.